The number of ether oxygens (including phenoxy) is 2. The van der Waals surface area contributed by atoms with Gasteiger partial charge in [0.15, 0.2) is 0 Å². The topological polar surface area (TPSA) is 80.7 Å². The third kappa shape index (κ3) is 5.54. The van der Waals surface area contributed by atoms with Gasteiger partial charge < -0.3 is 20.1 Å². The second-order valence-corrected chi connectivity index (χ2v) is 8.70. The average molecular weight is 536 g/mol. The number of nitrogens with one attached hydrogen (secondary N) is 2. The molecule has 1 aliphatic rings. The molecule has 0 aliphatic carbocycles. The van der Waals surface area contributed by atoms with Gasteiger partial charge in [0.1, 0.15) is 24.0 Å². The van der Waals surface area contributed by atoms with Gasteiger partial charge in [0.2, 0.25) is 0 Å². The van der Waals surface area contributed by atoms with Crippen molar-refractivity contribution in [2.75, 3.05) is 44.0 Å². The Labute approximate surface area is 204 Å². The molecule has 0 unspecified atom stereocenters. The first-order chi connectivity index (χ1) is 16.3. The van der Waals surface area contributed by atoms with E-state index in [1.54, 1.807) is 43.2 Å². The van der Waals surface area contributed by atoms with Crippen LogP contribution in [0.5, 0.6) is 5.75 Å². The van der Waals surface area contributed by atoms with Crippen molar-refractivity contribution >= 4 is 33.3 Å². The van der Waals surface area contributed by atoms with Crippen LogP contribution in [0.3, 0.4) is 0 Å². The van der Waals surface area contributed by atoms with Crippen molar-refractivity contribution < 1.29 is 23.0 Å². The fourth-order valence-corrected chi connectivity index (χ4v) is 4.21. The summed E-state index contributed by atoms with van der Waals surface area (Å²) in [6.07, 6.45) is 1.95. The third-order valence-electron chi connectivity index (χ3n) is 5.49. The summed E-state index contributed by atoms with van der Waals surface area (Å²) in [5.74, 6) is -0.959. The number of anilines is 2. The summed E-state index contributed by atoms with van der Waals surface area (Å²) in [6, 6.07) is 7.47. The summed E-state index contributed by atoms with van der Waals surface area (Å²) in [5.41, 5.74) is 1.82. The SMILES string of the molecule is COC1CN(CCOc2ccc(NC(=O)Nc3ccc(F)cc3F)cc2-c2c(Br)cnn2C)C1. The van der Waals surface area contributed by atoms with Crippen LogP contribution >= 0.6 is 15.9 Å². The standard InChI is InChI=1S/C23H24BrF2N5O3/c1-30-22(18(24)11-27-30)17-10-15(28-23(32)29-20-5-3-14(25)9-19(20)26)4-6-21(17)34-8-7-31-12-16(13-31)33-2/h3-6,9-11,16H,7-8,12-13H2,1-2H3,(H2,28,29,32). The van der Waals surface area contributed by atoms with E-state index < -0.39 is 17.7 Å². The van der Waals surface area contributed by atoms with Crippen LogP contribution in [0.25, 0.3) is 11.3 Å². The Balaban J connectivity index is 1.49. The Bertz CT molecular complexity index is 1160. The molecule has 34 heavy (non-hydrogen) atoms. The average Bonchev–Trinajstić information content (AvgIpc) is 3.10. The summed E-state index contributed by atoms with van der Waals surface area (Å²) in [7, 11) is 3.52. The number of likely N-dealkylation sites (tertiary alicyclic amines) is 1. The minimum absolute atomic E-state index is 0.129. The van der Waals surface area contributed by atoms with Crippen molar-refractivity contribution in [2.45, 2.75) is 6.10 Å². The minimum Gasteiger partial charge on any atom is -0.492 e. The van der Waals surface area contributed by atoms with Gasteiger partial charge >= 0.3 is 6.03 Å². The Morgan fingerprint density at radius 3 is 2.68 bits per heavy atom. The quantitative estimate of drug-likeness (QED) is 0.444. The molecule has 1 aliphatic heterocycles. The summed E-state index contributed by atoms with van der Waals surface area (Å²) >= 11 is 3.51. The van der Waals surface area contributed by atoms with E-state index in [1.165, 1.54) is 0 Å². The van der Waals surface area contributed by atoms with Crippen LogP contribution in [0.1, 0.15) is 0 Å². The fraction of sp³-hybridized carbons (Fsp3) is 0.304. The predicted octanol–water partition coefficient (Wildman–Crippen LogP) is 4.48. The molecule has 1 saturated heterocycles. The first kappa shape index (κ1) is 24.1. The van der Waals surface area contributed by atoms with Crippen LogP contribution < -0.4 is 15.4 Å². The van der Waals surface area contributed by atoms with Gasteiger partial charge in [-0.2, -0.15) is 5.10 Å². The minimum atomic E-state index is -0.863. The number of hydrogen-bond acceptors (Lipinski definition) is 5. The molecule has 2 heterocycles. The molecule has 0 radical (unpaired) electrons. The molecular formula is C23H24BrF2N5O3. The van der Waals surface area contributed by atoms with Crippen LogP contribution in [0.15, 0.2) is 47.1 Å². The number of carbonyl (C=O) groups is 1. The number of hydrogen-bond donors (Lipinski definition) is 2. The Morgan fingerprint density at radius 1 is 1.21 bits per heavy atom. The van der Waals surface area contributed by atoms with Crippen molar-refractivity contribution in [3.63, 3.8) is 0 Å². The van der Waals surface area contributed by atoms with Crippen molar-refractivity contribution in [1.29, 1.82) is 0 Å². The van der Waals surface area contributed by atoms with Crippen molar-refractivity contribution in [1.82, 2.24) is 14.7 Å². The number of aryl methyl sites for hydroxylation is 1. The first-order valence-corrected chi connectivity index (χ1v) is 11.4. The van der Waals surface area contributed by atoms with Crippen molar-refractivity contribution in [3.8, 4) is 17.0 Å². The second-order valence-electron chi connectivity index (χ2n) is 7.84. The molecular weight excluding hydrogens is 512 g/mol. The maximum Gasteiger partial charge on any atom is 0.323 e. The highest BCUT2D eigenvalue weighted by Gasteiger charge is 2.26. The van der Waals surface area contributed by atoms with Gasteiger partial charge in [-0.15, -0.1) is 0 Å². The van der Waals surface area contributed by atoms with E-state index in [0.717, 1.165) is 47.5 Å². The van der Waals surface area contributed by atoms with Gasteiger partial charge in [0, 0.05) is 51.1 Å². The van der Waals surface area contributed by atoms with Crippen LogP contribution in [-0.2, 0) is 11.8 Å². The number of benzene rings is 2. The zero-order valence-electron chi connectivity index (χ0n) is 18.6. The van der Waals surface area contributed by atoms with Crippen LogP contribution in [0.4, 0.5) is 25.0 Å². The van der Waals surface area contributed by atoms with Crippen molar-refractivity contribution in [2.24, 2.45) is 7.05 Å². The lowest BCUT2D eigenvalue weighted by Gasteiger charge is -2.37. The monoisotopic (exact) mass is 535 g/mol. The number of rotatable bonds is 8. The van der Waals surface area contributed by atoms with Crippen LogP contribution in [0, 0.1) is 11.6 Å². The lowest BCUT2D eigenvalue weighted by molar-refractivity contribution is -0.0333. The largest absolute Gasteiger partial charge is 0.492 e. The van der Waals surface area contributed by atoms with E-state index in [-0.39, 0.29) is 11.8 Å². The zero-order valence-corrected chi connectivity index (χ0v) is 20.2. The molecule has 2 aromatic carbocycles. The normalized spacial score (nSPS) is 14.0. The first-order valence-electron chi connectivity index (χ1n) is 10.6. The molecule has 0 bridgehead atoms. The van der Waals surface area contributed by atoms with Gasteiger partial charge in [-0.25, -0.2) is 13.6 Å². The highest BCUT2D eigenvalue weighted by molar-refractivity contribution is 9.10. The lowest BCUT2D eigenvalue weighted by Crippen LogP contribution is -2.52. The van der Waals surface area contributed by atoms with Gasteiger partial charge in [-0.1, -0.05) is 0 Å². The number of nitrogens with zero attached hydrogens (tertiary/aromatic N) is 3. The van der Waals surface area contributed by atoms with Crippen molar-refractivity contribution in [3.05, 3.63) is 58.7 Å². The number of methoxy groups -OCH3 is 1. The van der Waals surface area contributed by atoms with E-state index in [2.05, 4.69) is 36.6 Å². The molecule has 180 valence electrons. The molecule has 8 nitrogen and oxygen atoms in total. The molecule has 11 heteroatoms. The number of aromatic nitrogens is 2. The Kier molecular flexibility index (Phi) is 7.44. The van der Waals surface area contributed by atoms with Crippen LogP contribution in [-0.4, -0.2) is 60.2 Å². The number of halogens is 3. The molecule has 0 atom stereocenters. The van der Waals surface area contributed by atoms with Gasteiger partial charge in [-0.05, 0) is 46.3 Å². The lowest BCUT2D eigenvalue weighted by atomic mass is 10.1. The maximum atomic E-state index is 13.9. The number of urea groups is 1. The third-order valence-corrected chi connectivity index (χ3v) is 6.07. The van der Waals surface area contributed by atoms with Crippen LogP contribution in [0.2, 0.25) is 0 Å². The smallest absolute Gasteiger partial charge is 0.323 e. The summed E-state index contributed by atoms with van der Waals surface area (Å²) in [5, 5.41) is 9.32. The molecule has 1 fully saturated rings. The van der Waals surface area contributed by atoms with E-state index in [4.69, 9.17) is 9.47 Å². The molecule has 1 aromatic heterocycles. The Morgan fingerprint density at radius 2 is 2.00 bits per heavy atom. The van der Waals surface area contributed by atoms with E-state index in [9.17, 15) is 13.6 Å². The molecule has 0 spiro atoms. The van der Waals surface area contributed by atoms with Gasteiger partial charge in [0.05, 0.1) is 28.2 Å². The zero-order chi connectivity index (χ0) is 24.2. The molecule has 0 saturated carbocycles. The summed E-state index contributed by atoms with van der Waals surface area (Å²) < 4.78 is 40.8. The predicted molar refractivity (Wildman–Crippen MR) is 128 cm³/mol. The van der Waals surface area contributed by atoms with E-state index in [1.807, 2.05) is 0 Å². The number of carbonyl (C=O) groups excluding carboxylic acids is 1. The second kappa shape index (κ2) is 10.5. The molecule has 2 amide bonds. The summed E-state index contributed by atoms with van der Waals surface area (Å²) in [6.45, 7) is 3.01. The Hall–Kier alpha value is -3.02. The number of amides is 2. The van der Waals surface area contributed by atoms with E-state index >= 15 is 0 Å². The van der Waals surface area contributed by atoms with E-state index in [0.29, 0.717) is 24.1 Å². The summed E-state index contributed by atoms with van der Waals surface area (Å²) in [4.78, 5) is 14.7. The highest BCUT2D eigenvalue weighted by atomic mass is 79.9. The molecule has 4 rings (SSSR count). The molecule has 3 aromatic rings. The fourth-order valence-electron chi connectivity index (χ4n) is 3.65. The highest BCUT2D eigenvalue weighted by Crippen LogP contribution is 2.36. The maximum absolute atomic E-state index is 13.9. The van der Waals surface area contributed by atoms with Gasteiger partial charge in [0.25, 0.3) is 0 Å². The van der Waals surface area contributed by atoms with Gasteiger partial charge in [-0.3, -0.25) is 9.58 Å². The molecule has 2 N–H and O–H groups in total.